The summed E-state index contributed by atoms with van der Waals surface area (Å²) in [7, 11) is 0. The van der Waals surface area contributed by atoms with Crippen molar-refractivity contribution in [2.45, 2.75) is 63.8 Å². The van der Waals surface area contributed by atoms with Crippen LogP contribution >= 0.6 is 0 Å². The Labute approximate surface area is 172 Å². The van der Waals surface area contributed by atoms with Gasteiger partial charge < -0.3 is 4.74 Å². The molecule has 0 aliphatic heterocycles. The molecule has 0 heterocycles. The molecule has 2 heteroatoms. The Morgan fingerprint density at radius 1 is 1.11 bits per heavy atom. The van der Waals surface area contributed by atoms with E-state index in [0.29, 0.717) is 12.0 Å². The molecule has 0 saturated heterocycles. The highest BCUT2D eigenvalue weighted by Gasteiger charge is 2.29. The largest absolute Gasteiger partial charge is 0.492 e. The van der Waals surface area contributed by atoms with Crippen LogP contribution in [-0.2, 0) is 5.41 Å². The zero-order chi connectivity index (χ0) is 19.8. The van der Waals surface area contributed by atoms with Gasteiger partial charge in [-0.2, -0.15) is 0 Å². The summed E-state index contributed by atoms with van der Waals surface area (Å²) in [4.78, 5) is 2.55. The van der Waals surface area contributed by atoms with E-state index < -0.39 is 0 Å². The molecule has 3 rings (SSSR count). The highest BCUT2D eigenvalue weighted by atomic mass is 16.5. The maximum atomic E-state index is 6.09. The van der Waals surface area contributed by atoms with E-state index >= 15 is 0 Å². The van der Waals surface area contributed by atoms with Crippen molar-refractivity contribution in [2.75, 3.05) is 19.7 Å². The van der Waals surface area contributed by atoms with Crippen LogP contribution in [0.25, 0.3) is 0 Å². The lowest BCUT2D eigenvalue weighted by atomic mass is 9.71. The molecule has 1 aromatic rings. The molecule has 28 heavy (non-hydrogen) atoms. The number of ether oxygens (including phenoxy) is 1. The second-order valence-electron chi connectivity index (χ2n) is 8.83. The van der Waals surface area contributed by atoms with Crippen molar-refractivity contribution < 1.29 is 4.74 Å². The summed E-state index contributed by atoms with van der Waals surface area (Å²) in [5.74, 6) is 1.52. The molecule has 2 nitrogen and oxygen atoms in total. The van der Waals surface area contributed by atoms with Crippen molar-refractivity contribution in [3.05, 3.63) is 66.8 Å². The minimum absolute atomic E-state index is 0.127. The second-order valence-corrected chi connectivity index (χ2v) is 8.83. The van der Waals surface area contributed by atoms with E-state index in [4.69, 9.17) is 4.74 Å². The van der Waals surface area contributed by atoms with Crippen LogP contribution in [0.4, 0.5) is 0 Å². The Morgan fingerprint density at radius 2 is 1.86 bits per heavy atom. The van der Waals surface area contributed by atoms with E-state index in [0.717, 1.165) is 31.9 Å². The lowest BCUT2D eigenvalue weighted by Crippen LogP contribution is -2.39. The van der Waals surface area contributed by atoms with E-state index in [1.54, 1.807) is 0 Å². The quantitative estimate of drug-likeness (QED) is 0.467. The summed E-state index contributed by atoms with van der Waals surface area (Å²) in [6, 6.07) is 9.46. The molecule has 0 aromatic heterocycles. The number of allylic oxidation sites excluding steroid dienone is 4. The van der Waals surface area contributed by atoms with Crippen LogP contribution in [0.1, 0.15) is 57.9 Å². The van der Waals surface area contributed by atoms with Crippen molar-refractivity contribution in [2.24, 2.45) is 5.92 Å². The average Bonchev–Trinajstić information content (AvgIpc) is 2.75. The third-order valence-corrected chi connectivity index (χ3v) is 6.61. The number of benzene rings is 1. The van der Waals surface area contributed by atoms with Gasteiger partial charge in [0.15, 0.2) is 0 Å². The highest BCUT2D eigenvalue weighted by Crippen LogP contribution is 2.37. The zero-order valence-corrected chi connectivity index (χ0v) is 17.8. The number of rotatable bonds is 9. The Balaban J connectivity index is 1.52. The second kappa shape index (κ2) is 10.1. The van der Waals surface area contributed by atoms with Crippen LogP contribution in [0.3, 0.4) is 0 Å². The predicted octanol–water partition coefficient (Wildman–Crippen LogP) is 6.30. The summed E-state index contributed by atoms with van der Waals surface area (Å²) in [5.41, 5.74) is 1.50. The van der Waals surface area contributed by atoms with Gasteiger partial charge in [0.1, 0.15) is 12.4 Å². The van der Waals surface area contributed by atoms with Gasteiger partial charge in [-0.3, -0.25) is 4.90 Å². The molecule has 1 aromatic carbocycles. The average molecular weight is 380 g/mol. The van der Waals surface area contributed by atoms with Crippen LogP contribution in [0.15, 0.2) is 61.2 Å². The fraction of sp³-hybridized carbons (Fsp3) is 0.538. The predicted molar refractivity (Wildman–Crippen MR) is 120 cm³/mol. The molecular weight excluding hydrogens is 342 g/mol. The molecule has 0 N–H and O–H groups in total. The molecule has 1 saturated carbocycles. The van der Waals surface area contributed by atoms with E-state index in [1.165, 1.54) is 37.7 Å². The van der Waals surface area contributed by atoms with Gasteiger partial charge in [0.05, 0.1) is 0 Å². The van der Waals surface area contributed by atoms with Gasteiger partial charge in [-0.15, -0.1) is 6.58 Å². The minimum Gasteiger partial charge on any atom is -0.492 e. The van der Waals surface area contributed by atoms with Gasteiger partial charge in [0, 0.05) is 19.1 Å². The first kappa shape index (κ1) is 20.9. The molecule has 0 bridgehead atoms. The Morgan fingerprint density at radius 3 is 2.50 bits per heavy atom. The Kier molecular flexibility index (Phi) is 7.56. The lowest BCUT2D eigenvalue weighted by Gasteiger charge is -2.34. The van der Waals surface area contributed by atoms with E-state index in [9.17, 15) is 0 Å². The van der Waals surface area contributed by atoms with Crippen LogP contribution in [0.5, 0.6) is 5.75 Å². The Hall–Kier alpha value is -1.80. The van der Waals surface area contributed by atoms with Gasteiger partial charge in [0.2, 0.25) is 0 Å². The highest BCUT2D eigenvalue weighted by molar-refractivity contribution is 5.34. The first-order valence-electron chi connectivity index (χ1n) is 11.0. The molecule has 0 amide bonds. The minimum atomic E-state index is 0.127. The van der Waals surface area contributed by atoms with E-state index in [1.807, 2.05) is 6.08 Å². The van der Waals surface area contributed by atoms with Gasteiger partial charge in [0.25, 0.3) is 0 Å². The standard InChI is InChI=1S/C26H37NO/c1-4-19-27(24-13-9-6-10-14-24)20-21-28-25-17-15-23(16-18-25)26(2,3)22-11-7-5-8-12-22/h4-5,7-8,11,15-18,22,24H,1,6,9-10,12-14,19-21H2,2-3H3. The molecule has 0 radical (unpaired) electrons. The molecule has 1 fully saturated rings. The van der Waals surface area contributed by atoms with E-state index in [2.05, 4.69) is 73.9 Å². The molecular formula is C26H37NO. The van der Waals surface area contributed by atoms with Crippen molar-refractivity contribution in [1.29, 1.82) is 0 Å². The molecule has 1 atom stereocenters. The fourth-order valence-corrected chi connectivity index (χ4v) is 4.63. The van der Waals surface area contributed by atoms with E-state index in [-0.39, 0.29) is 5.41 Å². The Bertz CT molecular complexity index is 664. The summed E-state index contributed by atoms with van der Waals surface area (Å²) in [6.45, 7) is 11.3. The first-order valence-corrected chi connectivity index (χ1v) is 11.0. The number of hydrogen-bond acceptors (Lipinski definition) is 2. The number of nitrogens with zero attached hydrogens (tertiary/aromatic N) is 1. The third-order valence-electron chi connectivity index (χ3n) is 6.61. The third kappa shape index (κ3) is 5.38. The van der Waals surface area contributed by atoms with Crippen molar-refractivity contribution in [3.8, 4) is 5.75 Å². The molecule has 1 unspecified atom stereocenters. The maximum Gasteiger partial charge on any atom is 0.119 e. The summed E-state index contributed by atoms with van der Waals surface area (Å²) >= 11 is 0. The molecule has 0 spiro atoms. The fourth-order valence-electron chi connectivity index (χ4n) is 4.63. The monoisotopic (exact) mass is 379 g/mol. The molecule has 152 valence electrons. The smallest absolute Gasteiger partial charge is 0.119 e. The zero-order valence-electron chi connectivity index (χ0n) is 17.8. The van der Waals surface area contributed by atoms with Crippen LogP contribution in [-0.4, -0.2) is 30.6 Å². The summed E-state index contributed by atoms with van der Waals surface area (Å²) in [5, 5.41) is 0. The number of hydrogen-bond donors (Lipinski definition) is 0. The van der Waals surface area contributed by atoms with Gasteiger partial charge in [-0.05, 0) is 48.3 Å². The van der Waals surface area contributed by atoms with Crippen LogP contribution in [0.2, 0.25) is 0 Å². The van der Waals surface area contributed by atoms with Crippen molar-refractivity contribution in [1.82, 2.24) is 4.90 Å². The van der Waals surface area contributed by atoms with Crippen LogP contribution in [0, 0.1) is 5.92 Å². The lowest BCUT2D eigenvalue weighted by molar-refractivity contribution is 0.144. The maximum absolute atomic E-state index is 6.09. The first-order chi connectivity index (χ1) is 13.6. The summed E-state index contributed by atoms with van der Waals surface area (Å²) in [6.07, 6.45) is 18.8. The van der Waals surface area contributed by atoms with Crippen molar-refractivity contribution in [3.63, 3.8) is 0 Å². The molecule has 2 aliphatic rings. The van der Waals surface area contributed by atoms with Crippen LogP contribution < -0.4 is 4.74 Å². The van der Waals surface area contributed by atoms with Gasteiger partial charge >= 0.3 is 0 Å². The van der Waals surface area contributed by atoms with Crippen molar-refractivity contribution >= 4 is 0 Å². The summed E-state index contributed by atoms with van der Waals surface area (Å²) < 4.78 is 6.09. The van der Waals surface area contributed by atoms with Gasteiger partial charge in [-0.25, -0.2) is 0 Å². The normalized spacial score (nSPS) is 20.5. The van der Waals surface area contributed by atoms with Gasteiger partial charge in [-0.1, -0.05) is 75.6 Å². The molecule has 2 aliphatic carbocycles. The topological polar surface area (TPSA) is 12.5 Å². The SMILES string of the molecule is C=CCN(CCOc1ccc(C(C)(C)C2C=CC=CC2)cc1)C1CCCCC1.